The molecule has 0 fully saturated rings. The second-order valence-corrected chi connectivity index (χ2v) is 6.12. The van der Waals surface area contributed by atoms with Gasteiger partial charge in [0.2, 0.25) is 15.9 Å². The lowest BCUT2D eigenvalue weighted by molar-refractivity contribution is -0.120. The minimum absolute atomic E-state index is 0.0562. The molecule has 1 rings (SSSR count). The Morgan fingerprint density at radius 1 is 1.44 bits per heavy atom. The lowest BCUT2D eigenvalue weighted by Gasteiger charge is -2.06. The summed E-state index contributed by atoms with van der Waals surface area (Å²) in [6.07, 6.45) is 2.85. The van der Waals surface area contributed by atoms with Crippen LogP contribution in [0.15, 0.2) is 27.8 Å². The fourth-order valence-corrected chi connectivity index (χ4v) is 2.74. The summed E-state index contributed by atoms with van der Waals surface area (Å²) >= 11 is 3.15. The van der Waals surface area contributed by atoms with E-state index in [-0.39, 0.29) is 23.8 Å². The molecule has 1 heterocycles. The number of rotatable bonds is 6. The van der Waals surface area contributed by atoms with Crippen molar-refractivity contribution in [2.45, 2.75) is 18.2 Å². The first-order valence-electron chi connectivity index (χ1n) is 5.32. The summed E-state index contributed by atoms with van der Waals surface area (Å²) in [5.74, 6) is -0.187. The largest absolute Gasteiger partial charge is 0.356 e. The van der Waals surface area contributed by atoms with Crippen molar-refractivity contribution >= 4 is 31.9 Å². The number of carbonyl (C=O) groups excluding carboxylic acids is 1. The van der Waals surface area contributed by atoms with Crippen LogP contribution in [0.4, 0.5) is 0 Å². The van der Waals surface area contributed by atoms with Gasteiger partial charge in [-0.15, -0.1) is 0 Å². The van der Waals surface area contributed by atoms with E-state index in [1.54, 1.807) is 6.92 Å². The lowest BCUT2D eigenvalue weighted by atomic mass is 10.4. The molecule has 0 bridgehead atoms. The van der Waals surface area contributed by atoms with E-state index in [0.29, 0.717) is 11.0 Å². The zero-order chi connectivity index (χ0) is 13.6. The average Bonchev–Trinajstić information content (AvgIpc) is 2.29. The third kappa shape index (κ3) is 4.71. The third-order valence-electron chi connectivity index (χ3n) is 2.01. The maximum absolute atomic E-state index is 11.8. The maximum atomic E-state index is 11.8. The fourth-order valence-electron chi connectivity index (χ4n) is 1.21. The molecule has 0 radical (unpaired) electrons. The van der Waals surface area contributed by atoms with Gasteiger partial charge in [0.05, 0.1) is 0 Å². The Balaban J connectivity index is 2.58. The molecule has 1 aromatic rings. The van der Waals surface area contributed by atoms with Gasteiger partial charge in [-0.1, -0.05) is 0 Å². The van der Waals surface area contributed by atoms with Gasteiger partial charge in [0.1, 0.15) is 4.90 Å². The summed E-state index contributed by atoms with van der Waals surface area (Å²) < 4.78 is 26.6. The lowest BCUT2D eigenvalue weighted by Crippen LogP contribution is -2.30. The molecule has 18 heavy (non-hydrogen) atoms. The van der Waals surface area contributed by atoms with E-state index in [0.717, 1.165) is 0 Å². The summed E-state index contributed by atoms with van der Waals surface area (Å²) in [7, 11) is -3.62. The Bertz CT molecular complexity index is 519. The number of pyridine rings is 1. The van der Waals surface area contributed by atoms with Crippen LogP contribution in [-0.4, -0.2) is 32.4 Å². The Kier molecular flexibility index (Phi) is 5.70. The van der Waals surface area contributed by atoms with Gasteiger partial charge >= 0.3 is 0 Å². The number of aromatic nitrogens is 1. The Morgan fingerprint density at radius 2 is 2.17 bits per heavy atom. The third-order valence-corrected chi connectivity index (χ3v) is 3.87. The Hall–Kier alpha value is -0.990. The molecule has 100 valence electrons. The molecular weight excluding hydrogens is 322 g/mol. The molecular formula is C10H14BrN3O3S. The highest BCUT2D eigenvalue weighted by molar-refractivity contribution is 9.10. The minimum Gasteiger partial charge on any atom is -0.356 e. The van der Waals surface area contributed by atoms with Crippen molar-refractivity contribution in [2.24, 2.45) is 0 Å². The molecule has 0 unspecified atom stereocenters. The monoisotopic (exact) mass is 335 g/mol. The van der Waals surface area contributed by atoms with E-state index in [4.69, 9.17) is 0 Å². The maximum Gasteiger partial charge on any atom is 0.242 e. The number of carbonyl (C=O) groups is 1. The van der Waals surface area contributed by atoms with Crippen molar-refractivity contribution in [1.82, 2.24) is 15.0 Å². The first-order valence-corrected chi connectivity index (χ1v) is 7.60. The standard InChI is InChI=1S/C10H14BrN3O3S/c1-2-13-10(15)3-4-14-18(16,17)9-5-8(11)6-12-7-9/h5-7,14H,2-4H2,1H3,(H,13,15). The van der Waals surface area contributed by atoms with Gasteiger partial charge in [0.15, 0.2) is 0 Å². The van der Waals surface area contributed by atoms with Crippen molar-refractivity contribution in [3.05, 3.63) is 22.9 Å². The van der Waals surface area contributed by atoms with Crippen molar-refractivity contribution < 1.29 is 13.2 Å². The first kappa shape index (κ1) is 15.1. The van der Waals surface area contributed by atoms with E-state index in [1.807, 2.05) is 0 Å². The molecule has 0 aliphatic carbocycles. The van der Waals surface area contributed by atoms with Gasteiger partial charge in [-0.25, -0.2) is 13.1 Å². The van der Waals surface area contributed by atoms with Gasteiger partial charge in [0, 0.05) is 36.4 Å². The SMILES string of the molecule is CCNC(=O)CCNS(=O)(=O)c1cncc(Br)c1. The number of nitrogens with one attached hydrogen (secondary N) is 2. The molecule has 0 saturated heterocycles. The molecule has 2 N–H and O–H groups in total. The molecule has 1 aromatic heterocycles. The average molecular weight is 336 g/mol. The van der Waals surface area contributed by atoms with Gasteiger partial charge in [0.25, 0.3) is 0 Å². The van der Waals surface area contributed by atoms with Crippen LogP contribution >= 0.6 is 15.9 Å². The van der Waals surface area contributed by atoms with Gasteiger partial charge in [-0.3, -0.25) is 9.78 Å². The van der Waals surface area contributed by atoms with Gasteiger partial charge < -0.3 is 5.32 Å². The quantitative estimate of drug-likeness (QED) is 0.798. The van der Waals surface area contributed by atoms with Crippen LogP contribution in [-0.2, 0) is 14.8 Å². The Labute approximate surface area is 114 Å². The molecule has 8 heteroatoms. The summed E-state index contributed by atoms with van der Waals surface area (Å²) in [6, 6.07) is 1.45. The van der Waals surface area contributed by atoms with Crippen LogP contribution in [0, 0.1) is 0 Å². The zero-order valence-corrected chi connectivity index (χ0v) is 12.2. The highest BCUT2D eigenvalue weighted by Gasteiger charge is 2.14. The first-order chi connectivity index (χ1) is 8.45. The summed E-state index contributed by atoms with van der Waals surface area (Å²) in [4.78, 5) is 15.0. The van der Waals surface area contributed by atoms with Crippen molar-refractivity contribution in [3.8, 4) is 0 Å². The summed E-state index contributed by atoms with van der Waals surface area (Å²) in [5, 5.41) is 2.59. The van der Waals surface area contributed by atoms with Crippen molar-refractivity contribution in [1.29, 1.82) is 0 Å². The van der Waals surface area contributed by atoms with E-state index < -0.39 is 10.0 Å². The molecule has 0 aromatic carbocycles. The Morgan fingerprint density at radius 3 is 2.78 bits per heavy atom. The second kappa shape index (κ2) is 6.81. The van der Waals surface area contributed by atoms with Crippen molar-refractivity contribution in [2.75, 3.05) is 13.1 Å². The molecule has 0 spiro atoms. The highest BCUT2D eigenvalue weighted by atomic mass is 79.9. The van der Waals surface area contributed by atoms with E-state index in [9.17, 15) is 13.2 Å². The van der Waals surface area contributed by atoms with E-state index in [2.05, 4.69) is 31.0 Å². The second-order valence-electron chi connectivity index (χ2n) is 3.44. The highest BCUT2D eigenvalue weighted by Crippen LogP contribution is 2.13. The number of hydrogen-bond donors (Lipinski definition) is 2. The van der Waals surface area contributed by atoms with E-state index in [1.165, 1.54) is 18.5 Å². The molecule has 0 aliphatic rings. The molecule has 0 atom stereocenters. The topological polar surface area (TPSA) is 88.2 Å². The van der Waals surface area contributed by atoms with Gasteiger partial charge in [-0.2, -0.15) is 0 Å². The molecule has 0 saturated carbocycles. The predicted octanol–water partition coefficient (Wildman–Crippen LogP) is 0.649. The normalized spacial score (nSPS) is 11.2. The van der Waals surface area contributed by atoms with Crippen LogP contribution in [0.25, 0.3) is 0 Å². The number of hydrogen-bond acceptors (Lipinski definition) is 4. The van der Waals surface area contributed by atoms with Crippen LogP contribution in [0.1, 0.15) is 13.3 Å². The predicted molar refractivity (Wildman–Crippen MR) is 70.4 cm³/mol. The molecule has 0 aliphatic heterocycles. The van der Waals surface area contributed by atoms with Crippen LogP contribution < -0.4 is 10.0 Å². The van der Waals surface area contributed by atoms with Crippen LogP contribution in [0.3, 0.4) is 0 Å². The minimum atomic E-state index is -3.62. The number of nitrogens with zero attached hydrogens (tertiary/aromatic N) is 1. The van der Waals surface area contributed by atoms with E-state index >= 15 is 0 Å². The summed E-state index contributed by atoms with van der Waals surface area (Å²) in [5.41, 5.74) is 0. The van der Waals surface area contributed by atoms with Crippen molar-refractivity contribution in [3.63, 3.8) is 0 Å². The zero-order valence-electron chi connectivity index (χ0n) is 9.81. The van der Waals surface area contributed by atoms with Crippen LogP contribution in [0.2, 0.25) is 0 Å². The molecule has 1 amide bonds. The van der Waals surface area contributed by atoms with Crippen LogP contribution in [0.5, 0.6) is 0 Å². The number of halogens is 1. The number of sulfonamides is 1. The molecule has 6 nitrogen and oxygen atoms in total. The summed E-state index contributed by atoms with van der Waals surface area (Å²) in [6.45, 7) is 2.39. The smallest absolute Gasteiger partial charge is 0.242 e. The number of amides is 1. The van der Waals surface area contributed by atoms with Gasteiger partial charge in [-0.05, 0) is 28.9 Å². The fraction of sp³-hybridized carbons (Fsp3) is 0.400.